The number of nitrogens with zero attached hydrogens (tertiary/aromatic N) is 2. The number of hydrogen-bond donors (Lipinski definition) is 1. The molecular formula is C22H33BrN2O6. The molecule has 0 aromatic rings. The monoisotopic (exact) mass is 500 g/mol. The summed E-state index contributed by atoms with van der Waals surface area (Å²) in [7, 11) is 0. The van der Waals surface area contributed by atoms with Gasteiger partial charge in [0.15, 0.2) is 0 Å². The number of carbonyl (C=O) groups excluding carboxylic acids is 3. The summed E-state index contributed by atoms with van der Waals surface area (Å²) < 4.78 is 11.7. The van der Waals surface area contributed by atoms with E-state index < -0.39 is 41.6 Å². The third kappa shape index (κ3) is 3.62. The molecule has 3 aliphatic rings. The highest BCUT2D eigenvalue weighted by Gasteiger charge is 2.77. The number of amides is 2. The predicted molar refractivity (Wildman–Crippen MR) is 117 cm³/mol. The van der Waals surface area contributed by atoms with Gasteiger partial charge in [-0.15, -0.1) is 6.58 Å². The molecule has 174 valence electrons. The second-order valence-electron chi connectivity index (χ2n) is 8.78. The third-order valence-corrected chi connectivity index (χ3v) is 7.67. The van der Waals surface area contributed by atoms with Gasteiger partial charge in [-0.25, -0.2) is 0 Å². The minimum atomic E-state index is -1.14. The van der Waals surface area contributed by atoms with E-state index >= 15 is 0 Å². The van der Waals surface area contributed by atoms with E-state index in [1.54, 1.807) is 17.9 Å². The molecule has 3 saturated heterocycles. The molecule has 2 bridgehead atoms. The van der Waals surface area contributed by atoms with Crippen LogP contribution < -0.4 is 0 Å². The smallest absolute Gasteiger partial charge is 0.312 e. The van der Waals surface area contributed by atoms with Crippen LogP contribution in [0.3, 0.4) is 0 Å². The number of hydrogen-bond acceptors (Lipinski definition) is 6. The van der Waals surface area contributed by atoms with Crippen molar-refractivity contribution < 1.29 is 29.0 Å². The van der Waals surface area contributed by atoms with Crippen molar-refractivity contribution >= 4 is 33.7 Å². The Morgan fingerprint density at radius 1 is 1.45 bits per heavy atom. The quantitative estimate of drug-likeness (QED) is 0.292. The lowest BCUT2D eigenvalue weighted by Crippen LogP contribution is -2.59. The van der Waals surface area contributed by atoms with Gasteiger partial charge in [0.25, 0.3) is 0 Å². The Morgan fingerprint density at radius 2 is 2.13 bits per heavy atom. The molecule has 0 radical (unpaired) electrons. The molecule has 3 rings (SSSR count). The maximum atomic E-state index is 13.9. The number of esters is 1. The first-order valence-electron chi connectivity index (χ1n) is 11.0. The van der Waals surface area contributed by atoms with Crippen molar-refractivity contribution in [1.29, 1.82) is 0 Å². The number of aliphatic hydroxyl groups is 1. The molecule has 0 saturated carbocycles. The summed E-state index contributed by atoms with van der Waals surface area (Å²) in [5.74, 6) is -2.63. The van der Waals surface area contributed by atoms with Gasteiger partial charge in [-0.05, 0) is 33.6 Å². The molecule has 7 atom stereocenters. The van der Waals surface area contributed by atoms with E-state index in [-0.39, 0.29) is 35.9 Å². The van der Waals surface area contributed by atoms with E-state index in [2.05, 4.69) is 22.5 Å². The first-order valence-corrected chi connectivity index (χ1v) is 11.9. The molecule has 0 aromatic heterocycles. The van der Waals surface area contributed by atoms with Gasteiger partial charge in [-0.1, -0.05) is 28.9 Å². The van der Waals surface area contributed by atoms with E-state index in [4.69, 9.17) is 9.47 Å². The largest absolute Gasteiger partial charge is 0.466 e. The Labute approximate surface area is 192 Å². The van der Waals surface area contributed by atoms with Gasteiger partial charge in [0.1, 0.15) is 11.6 Å². The van der Waals surface area contributed by atoms with Crippen LogP contribution in [0.15, 0.2) is 12.7 Å². The molecule has 3 fully saturated rings. The summed E-state index contributed by atoms with van der Waals surface area (Å²) in [4.78, 5) is 43.5. The molecule has 8 nitrogen and oxygen atoms in total. The third-order valence-electron chi connectivity index (χ3n) is 6.83. The van der Waals surface area contributed by atoms with Crippen molar-refractivity contribution in [2.75, 3.05) is 19.8 Å². The summed E-state index contributed by atoms with van der Waals surface area (Å²) in [6, 6.07) is -1.58. The van der Waals surface area contributed by atoms with Crippen molar-refractivity contribution in [3.05, 3.63) is 12.7 Å². The Balaban J connectivity index is 2.13. The minimum absolute atomic E-state index is 0.119. The maximum absolute atomic E-state index is 13.9. The van der Waals surface area contributed by atoms with Crippen molar-refractivity contribution in [2.45, 2.75) is 75.2 Å². The summed E-state index contributed by atoms with van der Waals surface area (Å²) in [5.41, 5.74) is -1.14. The zero-order valence-electron chi connectivity index (χ0n) is 18.6. The Hall–Kier alpha value is -1.45. The lowest BCUT2D eigenvalue weighted by Gasteiger charge is -2.40. The second-order valence-corrected chi connectivity index (χ2v) is 9.95. The number of carbonyl (C=O) groups is 3. The first kappa shape index (κ1) is 24.2. The molecule has 3 unspecified atom stereocenters. The van der Waals surface area contributed by atoms with Gasteiger partial charge < -0.3 is 24.4 Å². The van der Waals surface area contributed by atoms with Crippen LogP contribution >= 0.6 is 15.9 Å². The molecule has 1 spiro atoms. The number of alkyl halides is 1. The first-order chi connectivity index (χ1) is 14.7. The molecule has 1 N–H and O–H groups in total. The van der Waals surface area contributed by atoms with E-state index in [0.29, 0.717) is 19.4 Å². The highest BCUT2D eigenvalue weighted by molar-refractivity contribution is 9.09. The van der Waals surface area contributed by atoms with E-state index in [1.165, 1.54) is 4.90 Å². The number of rotatable bonds is 9. The molecule has 9 heteroatoms. The fraction of sp³-hybridized carbons (Fsp3) is 0.773. The summed E-state index contributed by atoms with van der Waals surface area (Å²) in [6.45, 7) is 11.4. The number of likely N-dealkylation sites (tertiary alicyclic amines) is 1. The highest BCUT2D eigenvalue weighted by atomic mass is 79.9. The molecule has 0 aromatic carbocycles. The normalized spacial score (nSPS) is 34.7. The molecule has 3 aliphatic heterocycles. The zero-order valence-corrected chi connectivity index (χ0v) is 20.2. The van der Waals surface area contributed by atoms with Gasteiger partial charge in [0, 0.05) is 17.4 Å². The summed E-state index contributed by atoms with van der Waals surface area (Å²) in [5, 5.41) is 10.0. The van der Waals surface area contributed by atoms with Crippen molar-refractivity contribution in [3.63, 3.8) is 0 Å². The lowest BCUT2D eigenvalue weighted by molar-refractivity contribution is -0.156. The van der Waals surface area contributed by atoms with Crippen LogP contribution in [0.5, 0.6) is 0 Å². The van der Waals surface area contributed by atoms with Crippen LogP contribution in [0.4, 0.5) is 0 Å². The average Bonchev–Trinajstić information content (AvgIpc) is 3.31. The summed E-state index contributed by atoms with van der Waals surface area (Å²) in [6.07, 6.45) is 2.02. The highest BCUT2D eigenvalue weighted by Crippen LogP contribution is 2.60. The molecule has 31 heavy (non-hydrogen) atoms. The maximum Gasteiger partial charge on any atom is 0.312 e. The van der Waals surface area contributed by atoms with Crippen molar-refractivity contribution in [1.82, 2.24) is 9.80 Å². The summed E-state index contributed by atoms with van der Waals surface area (Å²) >= 11 is 3.62. The van der Waals surface area contributed by atoms with Gasteiger partial charge in [0.05, 0.1) is 37.2 Å². The fourth-order valence-electron chi connectivity index (χ4n) is 5.51. The number of ether oxygens (including phenoxy) is 2. The number of fused-ring (bicyclic) bond motifs is 1. The second kappa shape index (κ2) is 9.19. The van der Waals surface area contributed by atoms with Crippen LogP contribution in [0, 0.1) is 11.8 Å². The van der Waals surface area contributed by atoms with Crippen molar-refractivity contribution in [2.24, 2.45) is 11.8 Å². The van der Waals surface area contributed by atoms with Gasteiger partial charge in [-0.3, -0.25) is 14.4 Å². The van der Waals surface area contributed by atoms with Gasteiger partial charge in [0.2, 0.25) is 11.8 Å². The van der Waals surface area contributed by atoms with Crippen LogP contribution in [0.1, 0.15) is 40.5 Å². The van der Waals surface area contributed by atoms with Crippen LogP contribution in [0.2, 0.25) is 0 Å². The van der Waals surface area contributed by atoms with Crippen LogP contribution in [-0.2, 0) is 23.9 Å². The van der Waals surface area contributed by atoms with E-state index in [1.807, 2.05) is 20.8 Å². The SMILES string of the molecule is C=CCN(C(=O)C1N([C@@H](CC)CO)C(=O)[C@@H]2[C@@H](C(=O)OCC)[C@@H]3OC12CC3Br)C(C)C. The Morgan fingerprint density at radius 3 is 2.65 bits per heavy atom. The van der Waals surface area contributed by atoms with Crippen molar-refractivity contribution in [3.8, 4) is 0 Å². The van der Waals surface area contributed by atoms with Crippen LogP contribution in [0.25, 0.3) is 0 Å². The number of halogens is 1. The Bertz CT molecular complexity index is 742. The molecular weight excluding hydrogens is 468 g/mol. The average molecular weight is 501 g/mol. The number of aliphatic hydroxyl groups excluding tert-OH is 1. The standard InChI is InChI=1S/C22H33BrN2O6/c1-6-9-24(12(4)5)20(28)18-22-10-14(23)17(31-22)15(21(29)30-8-3)16(22)19(27)25(18)13(7-2)11-26/h6,12-18,26H,1,7-11H2,2-5H3/t13-,14?,15+,16-,17+,18?,22?/m0/s1. The minimum Gasteiger partial charge on any atom is -0.466 e. The van der Waals surface area contributed by atoms with Gasteiger partial charge in [-0.2, -0.15) is 0 Å². The zero-order chi connectivity index (χ0) is 23.1. The van der Waals surface area contributed by atoms with E-state index in [9.17, 15) is 19.5 Å². The molecule has 3 heterocycles. The fourth-order valence-corrected chi connectivity index (χ4v) is 6.46. The predicted octanol–water partition coefficient (Wildman–Crippen LogP) is 1.49. The lowest BCUT2D eigenvalue weighted by atomic mass is 9.70. The van der Waals surface area contributed by atoms with E-state index in [0.717, 1.165) is 0 Å². The van der Waals surface area contributed by atoms with Gasteiger partial charge >= 0.3 is 5.97 Å². The molecule has 2 amide bonds. The van der Waals surface area contributed by atoms with Crippen LogP contribution in [-0.4, -0.2) is 87.1 Å². The topological polar surface area (TPSA) is 96.4 Å². The molecule has 0 aliphatic carbocycles. The Kier molecular flexibility index (Phi) is 7.18.